The van der Waals surface area contributed by atoms with E-state index in [2.05, 4.69) is 11.6 Å². The third-order valence-corrected chi connectivity index (χ3v) is 3.88. The Labute approximate surface area is 128 Å². The predicted octanol–water partition coefficient (Wildman–Crippen LogP) is 4.51. The molecule has 0 bridgehead atoms. The number of rotatable bonds is 6. The smallest absolute Gasteiger partial charge is 0.396 e. The summed E-state index contributed by atoms with van der Waals surface area (Å²) >= 11 is 6.08. The van der Waals surface area contributed by atoms with Crippen molar-refractivity contribution in [1.29, 1.82) is 0 Å². The molecule has 0 saturated heterocycles. The fourth-order valence-electron chi connectivity index (χ4n) is 2.65. The van der Waals surface area contributed by atoms with Crippen LogP contribution in [-0.2, 0) is 11.2 Å². The van der Waals surface area contributed by atoms with E-state index in [-0.39, 0.29) is 12.9 Å². The minimum atomic E-state index is 0.169. The lowest BCUT2D eigenvalue weighted by Crippen LogP contribution is -2.12. The van der Waals surface area contributed by atoms with Crippen molar-refractivity contribution in [2.75, 3.05) is 6.79 Å². The largest absolute Gasteiger partial charge is 0.423 e. The summed E-state index contributed by atoms with van der Waals surface area (Å²) in [5.74, 6) is 0. The second kappa shape index (κ2) is 6.50. The summed E-state index contributed by atoms with van der Waals surface area (Å²) in [6.45, 7) is 3.91. The van der Waals surface area contributed by atoms with Crippen molar-refractivity contribution < 1.29 is 13.9 Å². The fraction of sp³-hybridized carbons (Fsp3) is 0.438. The molecule has 4 nitrogen and oxygen atoms in total. The second-order valence-electron chi connectivity index (χ2n) is 5.22. The number of allylic oxidation sites excluding steroid dienone is 1. The average Bonchev–Trinajstić information content (AvgIpc) is 3.08. The van der Waals surface area contributed by atoms with Gasteiger partial charge in [0, 0.05) is 10.6 Å². The quantitative estimate of drug-likeness (QED) is 0.582. The van der Waals surface area contributed by atoms with Crippen molar-refractivity contribution in [3.8, 4) is 6.08 Å². The van der Waals surface area contributed by atoms with Gasteiger partial charge in [-0.05, 0) is 31.4 Å². The van der Waals surface area contributed by atoms with Crippen molar-refractivity contribution in [3.05, 3.63) is 35.4 Å². The van der Waals surface area contributed by atoms with Gasteiger partial charge >= 0.3 is 6.08 Å². The van der Waals surface area contributed by atoms with E-state index in [1.165, 1.54) is 12.8 Å². The van der Waals surface area contributed by atoms with E-state index in [0.29, 0.717) is 28.6 Å². The number of ether oxygens (including phenoxy) is 2. The maximum Gasteiger partial charge on any atom is 0.396 e. The monoisotopic (exact) mass is 307 g/mol. The summed E-state index contributed by atoms with van der Waals surface area (Å²) in [6.07, 6.45) is 7.68. The molecule has 0 amide bonds. The Hall–Kier alpha value is -1.52. The summed E-state index contributed by atoms with van der Waals surface area (Å²) in [4.78, 5) is 4.29. The lowest BCUT2D eigenvalue weighted by molar-refractivity contribution is -0.0434. The van der Waals surface area contributed by atoms with Gasteiger partial charge in [-0.15, -0.1) is 6.58 Å². The van der Waals surface area contributed by atoms with E-state index in [4.69, 9.17) is 25.5 Å². The summed E-state index contributed by atoms with van der Waals surface area (Å²) in [5, 5.41) is 0.626. The zero-order valence-corrected chi connectivity index (χ0v) is 12.6. The van der Waals surface area contributed by atoms with Crippen LogP contribution in [0.1, 0.15) is 31.2 Å². The highest BCUT2D eigenvalue weighted by Crippen LogP contribution is 2.28. The molecule has 0 radical (unpaired) electrons. The molecule has 1 fully saturated rings. The Morgan fingerprint density at radius 2 is 2.19 bits per heavy atom. The number of benzene rings is 1. The molecule has 1 aromatic heterocycles. The minimum Gasteiger partial charge on any atom is -0.423 e. The Kier molecular flexibility index (Phi) is 4.46. The molecule has 1 aliphatic rings. The van der Waals surface area contributed by atoms with E-state index in [1.54, 1.807) is 12.1 Å². The topological polar surface area (TPSA) is 44.5 Å². The maximum atomic E-state index is 6.08. The van der Waals surface area contributed by atoms with Gasteiger partial charge in [0.25, 0.3) is 0 Å². The molecule has 2 aromatic rings. The zero-order valence-electron chi connectivity index (χ0n) is 11.8. The van der Waals surface area contributed by atoms with Crippen molar-refractivity contribution in [1.82, 2.24) is 4.98 Å². The molecule has 1 aromatic carbocycles. The van der Waals surface area contributed by atoms with Gasteiger partial charge in [0.2, 0.25) is 0 Å². The maximum absolute atomic E-state index is 6.08. The molecule has 0 unspecified atom stereocenters. The van der Waals surface area contributed by atoms with Crippen molar-refractivity contribution >= 4 is 22.7 Å². The van der Waals surface area contributed by atoms with Gasteiger partial charge in [0.15, 0.2) is 12.4 Å². The van der Waals surface area contributed by atoms with Crippen LogP contribution in [0, 0.1) is 0 Å². The normalized spacial score (nSPS) is 15.7. The number of aromatic nitrogens is 1. The van der Waals surface area contributed by atoms with Gasteiger partial charge < -0.3 is 13.9 Å². The standard InChI is InChI=1S/C16H18ClNO3/c1-2-5-11-8-12(17)9-14-15(11)21-16(18-14)20-10-19-13-6-3-4-7-13/h2,8-9,13H,1,3-7,10H2. The van der Waals surface area contributed by atoms with Gasteiger partial charge in [-0.3, -0.25) is 0 Å². The van der Waals surface area contributed by atoms with Crippen LogP contribution in [0.25, 0.3) is 11.1 Å². The van der Waals surface area contributed by atoms with Crippen LogP contribution in [-0.4, -0.2) is 17.9 Å². The Balaban J connectivity index is 1.70. The summed E-state index contributed by atoms with van der Waals surface area (Å²) in [5.41, 5.74) is 2.33. The lowest BCUT2D eigenvalue weighted by Gasteiger charge is -2.09. The first-order chi connectivity index (χ1) is 10.3. The van der Waals surface area contributed by atoms with E-state index in [9.17, 15) is 0 Å². The molecule has 0 N–H and O–H groups in total. The molecule has 21 heavy (non-hydrogen) atoms. The molecular formula is C16H18ClNO3. The fourth-order valence-corrected chi connectivity index (χ4v) is 2.88. The van der Waals surface area contributed by atoms with Crippen molar-refractivity contribution in [3.63, 3.8) is 0 Å². The SMILES string of the molecule is C=CCc1cc(Cl)cc2nc(OCOC3CCCC3)oc12. The van der Waals surface area contributed by atoms with Gasteiger partial charge in [0.05, 0.1) is 6.10 Å². The summed E-state index contributed by atoms with van der Waals surface area (Å²) in [6, 6.07) is 3.62. The van der Waals surface area contributed by atoms with Crippen LogP contribution in [0.3, 0.4) is 0 Å². The molecule has 112 valence electrons. The average molecular weight is 308 g/mol. The minimum absolute atomic E-state index is 0.169. The van der Waals surface area contributed by atoms with Gasteiger partial charge in [0.1, 0.15) is 5.52 Å². The van der Waals surface area contributed by atoms with E-state index < -0.39 is 0 Å². The highest BCUT2D eigenvalue weighted by atomic mass is 35.5. The van der Waals surface area contributed by atoms with Crippen LogP contribution in [0.15, 0.2) is 29.2 Å². The first-order valence-electron chi connectivity index (χ1n) is 7.20. The molecule has 5 heteroatoms. The lowest BCUT2D eigenvalue weighted by atomic mass is 10.1. The third kappa shape index (κ3) is 3.39. The summed E-state index contributed by atoms with van der Waals surface area (Å²) in [7, 11) is 0. The van der Waals surface area contributed by atoms with E-state index in [0.717, 1.165) is 18.4 Å². The van der Waals surface area contributed by atoms with E-state index in [1.807, 2.05) is 6.07 Å². The molecule has 0 spiro atoms. The highest BCUT2D eigenvalue weighted by molar-refractivity contribution is 6.31. The zero-order chi connectivity index (χ0) is 14.7. The molecule has 0 aliphatic heterocycles. The van der Waals surface area contributed by atoms with Gasteiger partial charge in [-0.2, -0.15) is 4.98 Å². The molecular weight excluding hydrogens is 290 g/mol. The molecule has 1 aliphatic carbocycles. The second-order valence-corrected chi connectivity index (χ2v) is 5.66. The van der Waals surface area contributed by atoms with Gasteiger partial charge in [-0.1, -0.05) is 30.5 Å². The summed E-state index contributed by atoms with van der Waals surface area (Å²) < 4.78 is 16.7. The molecule has 1 heterocycles. The highest BCUT2D eigenvalue weighted by Gasteiger charge is 2.16. The third-order valence-electron chi connectivity index (χ3n) is 3.66. The first kappa shape index (κ1) is 14.4. The Bertz CT molecular complexity index is 632. The first-order valence-corrected chi connectivity index (χ1v) is 7.58. The Morgan fingerprint density at radius 1 is 1.38 bits per heavy atom. The Morgan fingerprint density at radius 3 is 2.95 bits per heavy atom. The number of nitrogens with zero attached hydrogens (tertiary/aromatic N) is 1. The van der Waals surface area contributed by atoms with E-state index >= 15 is 0 Å². The van der Waals surface area contributed by atoms with Gasteiger partial charge in [-0.25, -0.2) is 0 Å². The van der Waals surface area contributed by atoms with Crippen LogP contribution in [0.5, 0.6) is 6.08 Å². The number of fused-ring (bicyclic) bond motifs is 1. The van der Waals surface area contributed by atoms with Crippen LogP contribution in [0.2, 0.25) is 5.02 Å². The number of hydrogen-bond donors (Lipinski definition) is 0. The number of halogens is 1. The van der Waals surface area contributed by atoms with Crippen LogP contribution < -0.4 is 4.74 Å². The molecule has 1 saturated carbocycles. The van der Waals surface area contributed by atoms with Crippen molar-refractivity contribution in [2.24, 2.45) is 0 Å². The molecule has 0 atom stereocenters. The number of oxazole rings is 1. The van der Waals surface area contributed by atoms with Crippen LogP contribution in [0.4, 0.5) is 0 Å². The predicted molar refractivity (Wildman–Crippen MR) is 81.8 cm³/mol. The molecule has 3 rings (SSSR count). The van der Waals surface area contributed by atoms with Crippen LogP contribution >= 0.6 is 11.6 Å². The number of hydrogen-bond acceptors (Lipinski definition) is 4. The van der Waals surface area contributed by atoms with Crippen molar-refractivity contribution in [2.45, 2.75) is 38.2 Å².